The number of aryl methyl sites for hydroxylation is 1. The zero-order chi connectivity index (χ0) is 13.8. The molecule has 0 amide bonds. The normalized spacial score (nSPS) is 12.4. The van der Waals surface area contributed by atoms with Gasteiger partial charge in [0.05, 0.1) is 23.9 Å². The molecule has 5 heteroatoms. The number of halogens is 1. The second kappa shape index (κ2) is 6.12. The summed E-state index contributed by atoms with van der Waals surface area (Å²) in [5, 5.41) is 9.34. The molecule has 0 saturated heterocycles. The van der Waals surface area contributed by atoms with Gasteiger partial charge in [-0.15, -0.1) is 11.3 Å². The lowest BCUT2D eigenvalue weighted by molar-refractivity contribution is 0.194. The van der Waals surface area contributed by atoms with E-state index in [1.807, 2.05) is 12.4 Å². The highest BCUT2D eigenvalue weighted by atomic mass is 32.1. The Kier molecular flexibility index (Phi) is 4.50. The van der Waals surface area contributed by atoms with Crippen LogP contribution in [0.1, 0.15) is 29.2 Å². The SMILES string of the molecule is Cc1ncsc1CCOc1ccc(C(C)O)c(F)c1. The van der Waals surface area contributed by atoms with E-state index >= 15 is 0 Å². The Hall–Kier alpha value is -1.46. The van der Waals surface area contributed by atoms with Crippen LogP contribution in [0.3, 0.4) is 0 Å². The molecule has 1 heterocycles. The zero-order valence-electron chi connectivity index (χ0n) is 10.9. The fourth-order valence-electron chi connectivity index (χ4n) is 1.76. The van der Waals surface area contributed by atoms with Gasteiger partial charge in [-0.25, -0.2) is 9.37 Å². The number of aliphatic hydroxyl groups excluding tert-OH is 1. The van der Waals surface area contributed by atoms with Gasteiger partial charge in [-0.1, -0.05) is 0 Å². The smallest absolute Gasteiger partial charge is 0.132 e. The van der Waals surface area contributed by atoms with Gasteiger partial charge in [-0.2, -0.15) is 0 Å². The first-order chi connectivity index (χ1) is 9.08. The summed E-state index contributed by atoms with van der Waals surface area (Å²) < 4.78 is 19.1. The van der Waals surface area contributed by atoms with Crippen molar-refractivity contribution in [1.82, 2.24) is 4.98 Å². The van der Waals surface area contributed by atoms with Crippen LogP contribution < -0.4 is 4.74 Å². The minimum absolute atomic E-state index is 0.283. The molecule has 1 aromatic carbocycles. The van der Waals surface area contributed by atoms with Crippen molar-refractivity contribution < 1.29 is 14.2 Å². The molecule has 0 aliphatic heterocycles. The van der Waals surface area contributed by atoms with E-state index in [0.29, 0.717) is 12.4 Å². The summed E-state index contributed by atoms with van der Waals surface area (Å²) in [5.41, 5.74) is 3.11. The van der Waals surface area contributed by atoms with E-state index in [-0.39, 0.29) is 5.56 Å². The van der Waals surface area contributed by atoms with Gasteiger partial charge in [0.25, 0.3) is 0 Å². The summed E-state index contributed by atoms with van der Waals surface area (Å²) in [5.74, 6) is 0.0329. The minimum atomic E-state index is -0.811. The number of hydrogen-bond acceptors (Lipinski definition) is 4. The van der Waals surface area contributed by atoms with Crippen LogP contribution in [-0.2, 0) is 6.42 Å². The molecule has 0 spiro atoms. The van der Waals surface area contributed by atoms with Crippen molar-refractivity contribution in [2.24, 2.45) is 0 Å². The van der Waals surface area contributed by atoms with Crippen LogP contribution in [0.5, 0.6) is 5.75 Å². The second-order valence-corrected chi connectivity index (χ2v) is 5.26. The quantitative estimate of drug-likeness (QED) is 0.914. The highest BCUT2D eigenvalue weighted by Gasteiger charge is 2.09. The topological polar surface area (TPSA) is 42.4 Å². The maximum absolute atomic E-state index is 13.6. The zero-order valence-corrected chi connectivity index (χ0v) is 11.7. The van der Waals surface area contributed by atoms with Crippen LogP contribution in [0.25, 0.3) is 0 Å². The van der Waals surface area contributed by atoms with Crippen molar-refractivity contribution in [2.45, 2.75) is 26.4 Å². The number of hydrogen-bond donors (Lipinski definition) is 1. The molecule has 2 aromatic rings. The number of ether oxygens (including phenoxy) is 1. The van der Waals surface area contributed by atoms with E-state index in [9.17, 15) is 9.50 Å². The first-order valence-electron chi connectivity index (χ1n) is 6.07. The fraction of sp³-hybridized carbons (Fsp3) is 0.357. The predicted octanol–water partition coefficient (Wildman–Crippen LogP) is 3.27. The Morgan fingerprint density at radius 3 is 2.84 bits per heavy atom. The van der Waals surface area contributed by atoms with Gasteiger partial charge < -0.3 is 9.84 Å². The molecule has 0 aliphatic carbocycles. The first kappa shape index (κ1) is 14.0. The molecule has 3 nitrogen and oxygen atoms in total. The molecule has 1 N–H and O–H groups in total. The van der Waals surface area contributed by atoms with E-state index in [0.717, 1.165) is 12.1 Å². The van der Waals surface area contributed by atoms with E-state index in [4.69, 9.17) is 4.74 Å². The molecule has 1 aromatic heterocycles. The Morgan fingerprint density at radius 2 is 2.26 bits per heavy atom. The number of rotatable bonds is 5. The standard InChI is InChI=1S/C14H16FNO2S/c1-9-14(19-8-16-9)5-6-18-11-3-4-12(10(2)17)13(15)7-11/h3-4,7-8,10,17H,5-6H2,1-2H3. The third kappa shape index (κ3) is 3.52. The molecule has 1 atom stereocenters. The fourth-order valence-corrected chi connectivity index (χ4v) is 2.53. The van der Waals surface area contributed by atoms with E-state index in [1.165, 1.54) is 17.9 Å². The molecular weight excluding hydrogens is 265 g/mol. The Labute approximate surface area is 115 Å². The van der Waals surface area contributed by atoms with Gasteiger partial charge in [0.2, 0.25) is 0 Å². The average molecular weight is 281 g/mol. The summed E-state index contributed by atoms with van der Waals surface area (Å²) >= 11 is 1.60. The molecule has 19 heavy (non-hydrogen) atoms. The van der Waals surface area contributed by atoms with Crippen molar-refractivity contribution in [3.63, 3.8) is 0 Å². The molecule has 0 radical (unpaired) electrons. The summed E-state index contributed by atoms with van der Waals surface area (Å²) in [6.07, 6.45) is -0.0510. The molecule has 102 valence electrons. The molecule has 2 rings (SSSR count). The van der Waals surface area contributed by atoms with Gasteiger partial charge in [0, 0.05) is 22.9 Å². The molecule has 0 saturated carbocycles. The van der Waals surface area contributed by atoms with Gasteiger partial charge >= 0.3 is 0 Å². The van der Waals surface area contributed by atoms with Crippen LogP contribution >= 0.6 is 11.3 Å². The van der Waals surface area contributed by atoms with E-state index in [1.54, 1.807) is 23.5 Å². The average Bonchev–Trinajstić information content (AvgIpc) is 2.75. The summed E-state index contributed by atoms with van der Waals surface area (Å²) in [4.78, 5) is 5.34. The van der Waals surface area contributed by atoms with E-state index in [2.05, 4.69) is 4.98 Å². The maximum atomic E-state index is 13.6. The third-order valence-corrected chi connectivity index (χ3v) is 3.86. The van der Waals surface area contributed by atoms with Crippen LogP contribution in [-0.4, -0.2) is 16.7 Å². The predicted molar refractivity (Wildman–Crippen MR) is 73.1 cm³/mol. The maximum Gasteiger partial charge on any atom is 0.132 e. The number of benzene rings is 1. The molecule has 0 bridgehead atoms. The monoisotopic (exact) mass is 281 g/mol. The van der Waals surface area contributed by atoms with Gasteiger partial charge in [0.1, 0.15) is 11.6 Å². The summed E-state index contributed by atoms with van der Waals surface area (Å²) in [7, 11) is 0. The molecule has 0 aliphatic rings. The van der Waals surface area contributed by atoms with E-state index < -0.39 is 11.9 Å². The van der Waals surface area contributed by atoms with Crippen LogP contribution in [0.15, 0.2) is 23.7 Å². The second-order valence-electron chi connectivity index (χ2n) is 4.32. The molecule has 0 fully saturated rings. The van der Waals surface area contributed by atoms with Gasteiger partial charge in [-0.3, -0.25) is 0 Å². The number of aromatic nitrogens is 1. The van der Waals surface area contributed by atoms with Crippen molar-refractivity contribution in [1.29, 1.82) is 0 Å². The lowest BCUT2D eigenvalue weighted by Crippen LogP contribution is -2.03. The molecule has 1 unspecified atom stereocenters. The van der Waals surface area contributed by atoms with Crippen molar-refractivity contribution in [3.05, 3.63) is 45.7 Å². The number of thiazole rings is 1. The summed E-state index contributed by atoms with van der Waals surface area (Å²) in [6.45, 7) is 3.98. The highest BCUT2D eigenvalue weighted by molar-refractivity contribution is 7.09. The minimum Gasteiger partial charge on any atom is -0.493 e. The lowest BCUT2D eigenvalue weighted by Gasteiger charge is -2.09. The number of aliphatic hydroxyl groups is 1. The van der Waals surface area contributed by atoms with Crippen LogP contribution in [0, 0.1) is 12.7 Å². The van der Waals surface area contributed by atoms with Crippen LogP contribution in [0.2, 0.25) is 0 Å². The van der Waals surface area contributed by atoms with Crippen LogP contribution in [0.4, 0.5) is 4.39 Å². The Morgan fingerprint density at radius 1 is 1.47 bits per heavy atom. The van der Waals surface area contributed by atoms with Crippen molar-refractivity contribution in [2.75, 3.05) is 6.61 Å². The lowest BCUT2D eigenvalue weighted by atomic mass is 10.1. The first-order valence-corrected chi connectivity index (χ1v) is 6.95. The van der Waals surface area contributed by atoms with Crippen molar-refractivity contribution in [3.8, 4) is 5.75 Å². The third-order valence-electron chi connectivity index (χ3n) is 2.86. The molecular formula is C14H16FNO2S. The largest absolute Gasteiger partial charge is 0.493 e. The van der Waals surface area contributed by atoms with Gasteiger partial charge in [0.15, 0.2) is 0 Å². The highest BCUT2D eigenvalue weighted by Crippen LogP contribution is 2.22. The Balaban J connectivity index is 1.93. The van der Waals surface area contributed by atoms with Crippen molar-refractivity contribution >= 4 is 11.3 Å². The summed E-state index contributed by atoms with van der Waals surface area (Å²) in [6, 6.07) is 4.53. The Bertz CT molecular complexity index is 554. The number of nitrogens with zero attached hydrogens (tertiary/aromatic N) is 1. The van der Waals surface area contributed by atoms with Gasteiger partial charge in [-0.05, 0) is 26.0 Å².